The predicted octanol–water partition coefficient (Wildman–Crippen LogP) is 6.89. The van der Waals surface area contributed by atoms with Gasteiger partial charge in [0.1, 0.15) is 11.7 Å². The zero-order valence-electron chi connectivity index (χ0n) is 23.8. The van der Waals surface area contributed by atoms with Crippen LogP contribution in [0.5, 0.6) is 0 Å². The smallest absolute Gasteiger partial charge is 0.306 e. The zero-order valence-corrected chi connectivity index (χ0v) is 23.8. The molecule has 1 unspecified atom stereocenters. The van der Waals surface area contributed by atoms with Gasteiger partial charge in [0.25, 0.3) is 0 Å². The maximum Gasteiger partial charge on any atom is 0.306 e. The van der Waals surface area contributed by atoms with Gasteiger partial charge >= 0.3 is 5.97 Å². The Labute approximate surface area is 224 Å². The van der Waals surface area contributed by atoms with Gasteiger partial charge in [0.2, 0.25) is 0 Å². The van der Waals surface area contributed by atoms with Crippen molar-refractivity contribution >= 4 is 17.5 Å². The minimum Gasteiger partial charge on any atom is -0.461 e. The second kappa shape index (κ2) is 11.3. The Morgan fingerprint density at radius 3 is 2.30 bits per heavy atom. The minimum atomic E-state index is -1.23. The Morgan fingerprint density at radius 2 is 1.62 bits per heavy atom. The molecular weight excluding hydrogens is 464 g/mol. The molecule has 37 heavy (non-hydrogen) atoms. The summed E-state index contributed by atoms with van der Waals surface area (Å²) >= 11 is 0. The average molecular weight is 515 g/mol. The Bertz CT molecular complexity index is 907. The van der Waals surface area contributed by atoms with Gasteiger partial charge in [0.05, 0.1) is 0 Å². The molecule has 0 aromatic rings. The summed E-state index contributed by atoms with van der Waals surface area (Å²) in [6.45, 7) is 8.12. The Hall–Kier alpha value is -1.49. The first-order valence-electron chi connectivity index (χ1n) is 15.2. The highest BCUT2D eigenvalue weighted by Gasteiger charge is 2.66. The van der Waals surface area contributed by atoms with Crippen molar-refractivity contribution in [3.05, 3.63) is 11.6 Å². The van der Waals surface area contributed by atoms with Crippen molar-refractivity contribution in [2.24, 2.45) is 28.6 Å². The molecule has 5 heteroatoms. The molecular formula is C32H50O5. The molecule has 3 fully saturated rings. The standard InChI is InChI=1S/C32H50O5/c1-5-6-7-8-9-10-11-12-13-29(35)37-28-21-24(34)20-23-14-15-25-26-17-19-32(36,22(2)33)30(26,3)18-16-27(25)31(23,28)4/h20,25-28,36H,5-19,21H2,1-4H3/t25-,26+,27+,28?,30+,31+,32-/m1/s1. The van der Waals surface area contributed by atoms with Gasteiger partial charge in [-0.1, -0.05) is 71.3 Å². The van der Waals surface area contributed by atoms with Crippen molar-refractivity contribution in [3.63, 3.8) is 0 Å². The molecule has 4 aliphatic rings. The van der Waals surface area contributed by atoms with E-state index < -0.39 is 17.1 Å². The quantitative estimate of drug-likeness (QED) is 0.240. The van der Waals surface area contributed by atoms with Crippen LogP contribution < -0.4 is 0 Å². The number of aliphatic hydroxyl groups is 1. The van der Waals surface area contributed by atoms with E-state index in [2.05, 4.69) is 20.8 Å². The molecule has 4 aliphatic carbocycles. The molecule has 0 amide bonds. The van der Waals surface area contributed by atoms with Crippen LogP contribution in [0.15, 0.2) is 11.6 Å². The normalized spacial score (nSPS) is 38.8. The highest BCUT2D eigenvalue weighted by molar-refractivity contribution is 5.92. The number of carbonyl (C=O) groups is 3. The third-order valence-corrected chi connectivity index (χ3v) is 11.3. The van der Waals surface area contributed by atoms with Gasteiger partial charge in [0.15, 0.2) is 11.6 Å². The van der Waals surface area contributed by atoms with E-state index in [-0.39, 0.29) is 35.3 Å². The highest BCUT2D eigenvalue weighted by atomic mass is 16.5. The van der Waals surface area contributed by atoms with E-state index in [0.717, 1.165) is 50.5 Å². The second-order valence-electron chi connectivity index (χ2n) is 13.2. The van der Waals surface area contributed by atoms with Crippen LogP contribution in [0.1, 0.15) is 130 Å². The molecule has 0 aliphatic heterocycles. The number of rotatable bonds is 11. The average Bonchev–Trinajstić information content (AvgIpc) is 3.13. The Morgan fingerprint density at radius 1 is 0.973 bits per heavy atom. The first kappa shape index (κ1) is 28.5. The number of fused-ring (bicyclic) bond motifs is 5. The van der Waals surface area contributed by atoms with Crippen LogP contribution in [0.2, 0.25) is 0 Å². The lowest BCUT2D eigenvalue weighted by molar-refractivity contribution is -0.174. The van der Waals surface area contributed by atoms with Crippen molar-refractivity contribution in [1.29, 1.82) is 0 Å². The number of hydrogen-bond acceptors (Lipinski definition) is 5. The maximum atomic E-state index is 12.9. The van der Waals surface area contributed by atoms with Gasteiger partial charge in [-0.15, -0.1) is 0 Å². The van der Waals surface area contributed by atoms with E-state index in [1.165, 1.54) is 45.4 Å². The van der Waals surface area contributed by atoms with Gasteiger partial charge in [-0.2, -0.15) is 0 Å². The maximum absolute atomic E-state index is 12.9. The molecule has 0 radical (unpaired) electrons. The van der Waals surface area contributed by atoms with Crippen molar-refractivity contribution < 1.29 is 24.2 Å². The van der Waals surface area contributed by atoms with Crippen molar-refractivity contribution in [2.45, 2.75) is 142 Å². The molecule has 1 N–H and O–H groups in total. The first-order chi connectivity index (χ1) is 17.6. The van der Waals surface area contributed by atoms with Gasteiger partial charge < -0.3 is 9.84 Å². The van der Waals surface area contributed by atoms with E-state index in [1.807, 2.05) is 6.08 Å². The third-order valence-electron chi connectivity index (χ3n) is 11.3. The zero-order chi connectivity index (χ0) is 26.8. The Kier molecular flexibility index (Phi) is 8.72. The molecule has 208 valence electrons. The van der Waals surface area contributed by atoms with Crippen LogP contribution >= 0.6 is 0 Å². The topological polar surface area (TPSA) is 80.7 Å². The van der Waals surface area contributed by atoms with E-state index in [9.17, 15) is 19.5 Å². The van der Waals surface area contributed by atoms with Crippen LogP contribution in [-0.2, 0) is 19.1 Å². The van der Waals surface area contributed by atoms with Gasteiger partial charge in [-0.05, 0) is 75.7 Å². The molecule has 0 spiro atoms. The predicted molar refractivity (Wildman–Crippen MR) is 145 cm³/mol. The summed E-state index contributed by atoms with van der Waals surface area (Å²) in [6.07, 6.45) is 16.5. The molecule has 7 atom stereocenters. The van der Waals surface area contributed by atoms with Gasteiger partial charge in [0, 0.05) is 23.7 Å². The van der Waals surface area contributed by atoms with Crippen molar-refractivity contribution in [3.8, 4) is 0 Å². The van der Waals surface area contributed by atoms with Crippen LogP contribution in [0.4, 0.5) is 0 Å². The summed E-state index contributed by atoms with van der Waals surface area (Å²) in [5.74, 6) is 0.758. The fourth-order valence-electron chi connectivity index (χ4n) is 8.96. The lowest BCUT2D eigenvalue weighted by Gasteiger charge is -2.60. The van der Waals surface area contributed by atoms with Gasteiger partial charge in [-0.25, -0.2) is 0 Å². The van der Waals surface area contributed by atoms with Crippen LogP contribution in [0.25, 0.3) is 0 Å². The van der Waals surface area contributed by atoms with Crippen molar-refractivity contribution in [1.82, 2.24) is 0 Å². The molecule has 4 rings (SSSR count). The summed E-state index contributed by atoms with van der Waals surface area (Å²) in [5.41, 5.74) is -0.822. The van der Waals surface area contributed by atoms with Gasteiger partial charge in [-0.3, -0.25) is 14.4 Å². The number of ketones is 2. The summed E-state index contributed by atoms with van der Waals surface area (Å²) in [5, 5.41) is 11.4. The number of Topliss-reactive ketones (excluding diaryl/α,β-unsaturated/α-hetero) is 1. The van der Waals surface area contributed by atoms with E-state index in [0.29, 0.717) is 24.7 Å². The van der Waals surface area contributed by atoms with E-state index in [4.69, 9.17) is 4.74 Å². The number of hydrogen-bond donors (Lipinski definition) is 1. The number of esters is 1. The third kappa shape index (κ3) is 5.11. The molecule has 0 saturated heterocycles. The molecule has 0 aromatic heterocycles. The van der Waals surface area contributed by atoms with E-state index >= 15 is 0 Å². The van der Waals surface area contributed by atoms with Crippen LogP contribution in [-0.4, -0.2) is 34.3 Å². The summed E-state index contributed by atoms with van der Waals surface area (Å²) in [4.78, 5) is 38.1. The lowest BCUT2D eigenvalue weighted by Crippen LogP contribution is -2.59. The molecule has 5 nitrogen and oxygen atoms in total. The number of unbranched alkanes of at least 4 members (excludes halogenated alkanes) is 7. The second-order valence-corrected chi connectivity index (χ2v) is 13.2. The monoisotopic (exact) mass is 514 g/mol. The summed E-state index contributed by atoms with van der Waals surface area (Å²) in [7, 11) is 0. The fourth-order valence-corrected chi connectivity index (χ4v) is 8.96. The summed E-state index contributed by atoms with van der Waals surface area (Å²) < 4.78 is 6.15. The fraction of sp³-hybridized carbons (Fsp3) is 0.844. The number of ether oxygens (including phenoxy) is 1. The van der Waals surface area contributed by atoms with E-state index in [1.54, 1.807) is 0 Å². The molecule has 0 bridgehead atoms. The first-order valence-corrected chi connectivity index (χ1v) is 15.2. The molecule has 0 aromatic carbocycles. The molecule has 0 heterocycles. The molecule has 3 saturated carbocycles. The van der Waals surface area contributed by atoms with Crippen molar-refractivity contribution in [2.75, 3.05) is 0 Å². The lowest BCUT2D eigenvalue weighted by atomic mass is 9.45. The highest BCUT2D eigenvalue weighted by Crippen LogP contribution is 2.67. The largest absolute Gasteiger partial charge is 0.461 e. The van der Waals surface area contributed by atoms with Crippen LogP contribution in [0, 0.1) is 28.6 Å². The Balaban J connectivity index is 1.42. The van der Waals surface area contributed by atoms with Crippen LogP contribution in [0.3, 0.4) is 0 Å². The SMILES string of the molecule is CCCCCCCCCCC(=O)OC1CC(=O)C=C2CC[C@@H]3[C@@H]4CC[C@@](O)(C(C)=O)[C@@]4(C)CC[C@@H]3[C@]21C. The summed E-state index contributed by atoms with van der Waals surface area (Å²) in [6, 6.07) is 0. The number of carbonyl (C=O) groups excluding carboxylic acids is 3. The minimum absolute atomic E-state index is 0.0725.